The summed E-state index contributed by atoms with van der Waals surface area (Å²) >= 11 is 0. The lowest BCUT2D eigenvalue weighted by atomic mass is 10.1. The molecule has 2 N–H and O–H groups in total. The molecule has 0 bridgehead atoms. The van der Waals surface area contributed by atoms with Gasteiger partial charge in [0.2, 0.25) is 5.88 Å². The highest BCUT2D eigenvalue weighted by Gasteiger charge is 2.16. The van der Waals surface area contributed by atoms with E-state index in [0.29, 0.717) is 29.1 Å². The highest BCUT2D eigenvalue weighted by atomic mass is 16.5. The van der Waals surface area contributed by atoms with Crippen LogP contribution in [0.25, 0.3) is 0 Å². The molecule has 2 aromatic carbocycles. The van der Waals surface area contributed by atoms with Crippen LogP contribution < -0.4 is 29.6 Å². The number of hydrogen-bond donors (Lipinski definition) is 2. The van der Waals surface area contributed by atoms with Gasteiger partial charge in [-0.3, -0.25) is 0 Å². The third kappa shape index (κ3) is 5.79. The highest BCUT2D eigenvalue weighted by molar-refractivity contribution is 5.53. The maximum atomic E-state index is 6.07. The van der Waals surface area contributed by atoms with Gasteiger partial charge in [-0.05, 0) is 67.9 Å². The summed E-state index contributed by atoms with van der Waals surface area (Å²) in [7, 11) is 3.25. The van der Waals surface area contributed by atoms with E-state index in [-0.39, 0.29) is 6.01 Å². The Kier molecular flexibility index (Phi) is 7.24. The molecule has 168 valence electrons. The van der Waals surface area contributed by atoms with Crippen LogP contribution in [0.3, 0.4) is 0 Å². The molecule has 1 aromatic heterocycles. The zero-order valence-corrected chi connectivity index (χ0v) is 18.3. The number of piperidine rings is 1. The first-order valence-corrected chi connectivity index (χ1v) is 10.7. The molecule has 4 rings (SSSR count). The lowest BCUT2D eigenvalue weighted by Crippen LogP contribution is -2.39. The van der Waals surface area contributed by atoms with Gasteiger partial charge in [0.15, 0.2) is 0 Å². The van der Waals surface area contributed by atoms with Gasteiger partial charge in [-0.15, -0.1) is 0 Å². The second-order valence-electron chi connectivity index (χ2n) is 7.45. The average molecular weight is 437 g/mol. The highest BCUT2D eigenvalue weighted by Crippen LogP contribution is 2.31. The van der Waals surface area contributed by atoms with Crippen molar-refractivity contribution in [2.45, 2.75) is 25.3 Å². The van der Waals surface area contributed by atoms with Crippen LogP contribution in [0, 0.1) is 0 Å². The maximum absolute atomic E-state index is 6.07. The quantitative estimate of drug-likeness (QED) is 0.502. The molecule has 8 nitrogen and oxygen atoms in total. The predicted molar refractivity (Wildman–Crippen MR) is 122 cm³/mol. The van der Waals surface area contributed by atoms with E-state index in [1.165, 1.54) is 12.8 Å². The van der Waals surface area contributed by atoms with E-state index in [0.717, 1.165) is 31.0 Å². The Morgan fingerprint density at radius 3 is 2.09 bits per heavy atom. The number of hydrogen-bond acceptors (Lipinski definition) is 8. The zero-order valence-electron chi connectivity index (χ0n) is 18.3. The number of nitrogens with one attached hydrogen (secondary N) is 2. The average Bonchev–Trinajstić information content (AvgIpc) is 2.85. The Morgan fingerprint density at radius 2 is 1.50 bits per heavy atom. The fourth-order valence-corrected chi connectivity index (χ4v) is 3.44. The number of benzene rings is 2. The van der Waals surface area contributed by atoms with E-state index in [1.807, 2.05) is 36.4 Å². The molecule has 0 spiro atoms. The van der Waals surface area contributed by atoms with Crippen molar-refractivity contribution in [3.63, 3.8) is 0 Å². The van der Waals surface area contributed by atoms with Crippen molar-refractivity contribution >= 4 is 5.69 Å². The third-order valence-corrected chi connectivity index (χ3v) is 5.23. The van der Waals surface area contributed by atoms with Gasteiger partial charge in [0.25, 0.3) is 0 Å². The SMILES string of the molecule is COc1ccc(Oc2ncc(NCC3CCCCN3)c(Oc3ccc(OC)cc3)n2)cc1. The second-order valence-corrected chi connectivity index (χ2v) is 7.45. The van der Waals surface area contributed by atoms with Crippen LogP contribution in [0.2, 0.25) is 0 Å². The van der Waals surface area contributed by atoms with Gasteiger partial charge in [-0.2, -0.15) is 4.98 Å². The van der Waals surface area contributed by atoms with Crippen LogP contribution in [0.15, 0.2) is 54.7 Å². The van der Waals surface area contributed by atoms with Crippen LogP contribution in [-0.2, 0) is 0 Å². The van der Waals surface area contributed by atoms with E-state index < -0.39 is 0 Å². The summed E-state index contributed by atoms with van der Waals surface area (Å²) in [6, 6.07) is 15.2. The first kappa shape index (κ1) is 21.7. The molecule has 1 saturated heterocycles. The van der Waals surface area contributed by atoms with E-state index in [2.05, 4.69) is 20.6 Å². The Bertz CT molecular complexity index is 990. The minimum Gasteiger partial charge on any atom is -0.497 e. The summed E-state index contributed by atoms with van der Waals surface area (Å²) in [5.74, 6) is 3.14. The zero-order chi connectivity index (χ0) is 22.2. The summed E-state index contributed by atoms with van der Waals surface area (Å²) in [4.78, 5) is 8.87. The van der Waals surface area contributed by atoms with Crippen LogP contribution >= 0.6 is 0 Å². The second kappa shape index (κ2) is 10.7. The number of rotatable bonds is 9. The van der Waals surface area contributed by atoms with Crippen LogP contribution in [0.5, 0.6) is 34.9 Å². The first-order chi connectivity index (χ1) is 15.7. The Morgan fingerprint density at radius 1 is 0.875 bits per heavy atom. The standard InChI is InChI=1S/C24H28N4O4/c1-29-18-6-10-20(11-7-18)31-23-22(26-15-17-5-3-4-14-25-17)16-27-24(28-23)32-21-12-8-19(30-2)9-13-21/h6-13,16-17,25-26H,3-5,14-15H2,1-2H3. The van der Waals surface area contributed by atoms with Gasteiger partial charge in [-0.25, -0.2) is 4.98 Å². The molecule has 1 aliphatic rings. The van der Waals surface area contributed by atoms with Gasteiger partial charge in [0.05, 0.1) is 20.4 Å². The van der Waals surface area contributed by atoms with Crippen molar-refractivity contribution in [1.82, 2.24) is 15.3 Å². The van der Waals surface area contributed by atoms with Crippen molar-refractivity contribution in [3.8, 4) is 34.9 Å². The molecule has 0 amide bonds. The van der Waals surface area contributed by atoms with E-state index >= 15 is 0 Å². The maximum Gasteiger partial charge on any atom is 0.325 e. The Labute approximate surface area is 187 Å². The van der Waals surface area contributed by atoms with Crippen LogP contribution in [0.4, 0.5) is 5.69 Å². The van der Waals surface area contributed by atoms with Gasteiger partial charge < -0.3 is 29.6 Å². The molecule has 1 atom stereocenters. The summed E-state index contributed by atoms with van der Waals surface area (Å²) < 4.78 is 22.3. The summed E-state index contributed by atoms with van der Waals surface area (Å²) in [5, 5.41) is 6.95. The molecule has 3 aromatic rings. The molecule has 0 saturated carbocycles. The van der Waals surface area contributed by atoms with Gasteiger partial charge in [0.1, 0.15) is 28.7 Å². The number of methoxy groups -OCH3 is 2. The normalized spacial score (nSPS) is 15.6. The van der Waals surface area contributed by atoms with Crippen molar-refractivity contribution in [2.24, 2.45) is 0 Å². The first-order valence-electron chi connectivity index (χ1n) is 10.7. The van der Waals surface area contributed by atoms with Crippen molar-refractivity contribution in [1.29, 1.82) is 0 Å². The number of anilines is 1. The molecule has 1 fully saturated rings. The van der Waals surface area contributed by atoms with Crippen molar-refractivity contribution < 1.29 is 18.9 Å². The minimum absolute atomic E-state index is 0.194. The molecule has 32 heavy (non-hydrogen) atoms. The Hall–Kier alpha value is -3.52. The molecule has 1 aliphatic heterocycles. The van der Waals surface area contributed by atoms with Crippen LogP contribution in [0.1, 0.15) is 19.3 Å². The smallest absolute Gasteiger partial charge is 0.325 e. The Balaban J connectivity index is 1.53. The molecular weight excluding hydrogens is 408 g/mol. The van der Waals surface area contributed by atoms with Gasteiger partial charge >= 0.3 is 6.01 Å². The fourth-order valence-electron chi connectivity index (χ4n) is 3.44. The monoisotopic (exact) mass is 436 g/mol. The van der Waals surface area contributed by atoms with E-state index in [4.69, 9.17) is 18.9 Å². The summed E-state index contributed by atoms with van der Waals surface area (Å²) in [6.07, 6.45) is 5.29. The number of ether oxygens (including phenoxy) is 4. The molecule has 2 heterocycles. The molecule has 0 radical (unpaired) electrons. The molecule has 8 heteroatoms. The molecule has 1 unspecified atom stereocenters. The van der Waals surface area contributed by atoms with Crippen molar-refractivity contribution in [2.75, 3.05) is 32.6 Å². The summed E-state index contributed by atoms with van der Waals surface area (Å²) in [6.45, 7) is 1.81. The largest absolute Gasteiger partial charge is 0.497 e. The third-order valence-electron chi connectivity index (χ3n) is 5.23. The molecule has 0 aliphatic carbocycles. The number of aromatic nitrogens is 2. The van der Waals surface area contributed by atoms with E-state index in [1.54, 1.807) is 32.5 Å². The topological polar surface area (TPSA) is 86.8 Å². The van der Waals surface area contributed by atoms with E-state index in [9.17, 15) is 0 Å². The lowest BCUT2D eigenvalue weighted by molar-refractivity contribution is 0.400. The fraction of sp³-hybridized carbons (Fsp3) is 0.333. The minimum atomic E-state index is 0.194. The predicted octanol–water partition coefficient (Wildman–Crippen LogP) is 4.63. The number of nitrogens with zero attached hydrogens (tertiary/aromatic N) is 2. The molecular formula is C24H28N4O4. The van der Waals surface area contributed by atoms with Gasteiger partial charge in [0, 0.05) is 12.6 Å². The van der Waals surface area contributed by atoms with Crippen molar-refractivity contribution in [3.05, 3.63) is 54.7 Å². The van der Waals surface area contributed by atoms with Crippen LogP contribution in [-0.4, -0.2) is 43.3 Å². The van der Waals surface area contributed by atoms with Gasteiger partial charge in [-0.1, -0.05) is 6.42 Å². The lowest BCUT2D eigenvalue weighted by Gasteiger charge is -2.24. The summed E-state index contributed by atoms with van der Waals surface area (Å²) in [5.41, 5.74) is 0.704.